The van der Waals surface area contributed by atoms with Gasteiger partial charge < -0.3 is 10.1 Å². The maximum Gasteiger partial charge on any atom is 0.258 e. The molecule has 0 aliphatic rings. The van der Waals surface area contributed by atoms with E-state index in [1.807, 2.05) is 18.2 Å². The minimum atomic E-state index is -0.141. The van der Waals surface area contributed by atoms with Crippen LogP contribution in [0.15, 0.2) is 29.0 Å². The fourth-order valence-electron chi connectivity index (χ4n) is 1.81. The highest BCUT2D eigenvalue weighted by atomic mass is 79.9. The second-order valence-electron chi connectivity index (χ2n) is 5.16. The Morgan fingerprint density at radius 2 is 2.19 bits per heavy atom. The average Bonchev–Trinajstić information content (AvgIpc) is 2.44. The van der Waals surface area contributed by atoms with Gasteiger partial charge in [0.05, 0.1) is 10.9 Å². The second kappa shape index (κ2) is 7.36. The summed E-state index contributed by atoms with van der Waals surface area (Å²) in [6.07, 6.45) is 2.39. The van der Waals surface area contributed by atoms with E-state index < -0.39 is 0 Å². The van der Waals surface area contributed by atoms with Crippen LogP contribution in [0.5, 0.6) is 5.88 Å². The highest BCUT2D eigenvalue weighted by Gasteiger charge is 2.08. The normalized spacial score (nSPS) is 10.9. The lowest BCUT2D eigenvalue weighted by atomic mass is 10.1. The molecule has 0 aliphatic carbocycles. The summed E-state index contributed by atoms with van der Waals surface area (Å²) in [5, 5.41) is 3.61. The first-order valence-electron chi connectivity index (χ1n) is 6.86. The minimum Gasteiger partial charge on any atom is -0.467 e. The number of carbonyl (C=O) groups is 1. The van der Waals surface area contributed by atoms with Gasteiger partial charge in [-0.3, -0.25) is 4.79 Å². The standard InChI is InChI=1S/C15H18BrN3O2/c1-10(2)5-6-17-14(20)8-21-15-12-7-11(16)3-4-13(12)18-9-19-15/h3-4,7,9-10H,5-6,8H2,1-2H3,(H,17,20). The van der Waals surface area contributed by atoms with Gasteiger partial charge in [-0.25, -0.2) is 9.97 Å². The maximum atomic E-state index is 11.7. The number of aromatic nitrogens is 2. The van der Waals surface area contributed by atoms with Crippen LogP contribution in [0.25, 0.3) is 10.9 Å². The molecular formula is C15H18BrN3O2. The van der Waals surface area contributed by atoms with E-state index in [4.69, 9.17) is 4.74 Å². The summed E-state index contributed by atoms with van der Waals surface area (Å²) in [7, 11) is 0. The van der Waals surface area contributed by atoms with Crippen molar-refractivity contribution in [3.63, 3.8) is 0 Å². The molecule has 112 valence electrons. The predicted octanol–water partition coefficient (Wildman–Crippen LogP) is 2.93. The van der Waals surface area contributed by atoms with E-state index in [9.17, 15) is 4.79 Å². The second-order valence-corrected chi connectivity index (χ2v) is 6.08. The van der Waals surface area contributed by atoms with Crippen molar-refractivity contribution in [2.45, 2.75) is 20.3 Å². The van der Waals surface area contributed by atoms with E-state index in [-0.39, 0.29) is 12.5 Å². The number of nitrogens with zero attached hydrogens (tertiary/aromatic N) is 2. The van der Waals surface area contributed by atoms with Crippen LogP contribution in [-0.2, 0) is 4.79 Å². The summed E-state index contributed by atoms with van der Waals surface area (Å²) in [4.78, 5) is 20.0. The van der Waals surface area contributed by atoms with E-state index >= 15 is 0 Å². The van der Waals surface area contributed by atoms with Crippen LogP contribution in [0.2, 0.25) is 0 Å². The summed E-state index contributed by atoms with van der Waals surface area (Å²) in [5.41, 5.74) is 0.781. The first-order valence-corrected chi connectivity index (χ1v) is 7.65. The number of rotatable bonds is 6. The van der Waals surface area contributed by atoms with Gasteiger partial charge in [-0.15, -0.1) is 0 Å². The molecule has 0 saturated carbocycles. The van der Waals surface area contributed by atoms with Gasteiger partial charge in [0.1, 0.15) is 6.33 Å². The fourth-order valence-corrected chi connectivity index (χ4v) is 2.17. The molecule has 21 heavy (non-hydrogen) atoms. The Morgan fingerprint density at radius 1 is 1.38 bits per heavy atom. The third-order valence-corrected chi connectivity index (χ3v) is 3.44. The molecule has 0 aliphatic heterocycles. The van der Waals surface area contributed by atoms with Crippen molar-refractivity contribution >= 4 is 32.7 Å². The highest BCUT2D eigenvalue weighted by Crippen LogP contribution is 2.24. The summed E-state index contributed by atoms with van der Waals surface area (Å²) in [5.74, 6) is 0.840. The van der Waals surface area contributed by atoms with Crippen LogP contribution < -0.4 is 10.1 Å². The molecule has 1 N–H and O–H groups in total. The Bertz CT molecular complexity index is 631. The summed E-state index contributed by atoms with van der Waals surface area (Å²) in [6, 6.07) is 5.65. The number of fused-ring (bicyclic) bond motifs is 1. The molecule has 0 fully saturated rings. The zero-order chi connectivity index (χ0) is 15.2. The number of halogens is 1. The van der Waals surface area contributed by atoms with Gasteiger partial charge >= 0.3 is 0 Å². The molecule has 1 aromatic carbocycles. The van der Waals surface area contributed by atoms with E-state index in [1.54, 1.807) is 0 Å². The topological polar surface area (TPSA) is 64.1 Å². The number of benzene rings is 1. The van der Waals surface area contributed by atoms with Crippen molar-refractivity contribution in [2.75, 3.05) is 13.2 Å². The molecule has 5 nitrogen and oxygen atoms in total. The van der Waals surface area contributed by atoms with E-state index in [1.165, 1.54) is 6.33 Å². The molecule has 1 aromatic heterocycles. The molecule has 2 rings (SSSR count). The van der Waals surface area contributed by atoms with Crippen LogP contribution in [0.4, 0.5) is 0 Å². The Labute approximate surface area is 132 Å². The monoisotopic (exact) mass is 351 g/mol. The molecular weight excluding hydrogens is 334 g/mol. The van der Waals surface area contributed by atoms with Crippen LogP contribution in [0, 0.1) is 5.92 Å². The van der Waals surface area contributed by atoms with Gasteiger partial charge in [-0.05, 0) is 30.5 Å². The Morgan fingerprint density at radius 3 is 2.95 bits per heavy atom. The van der Waals surface area contributed by atoms with Crippen molar-refractivity contribution < 1.29 is 9.53 Å². The Hall–Kier alpha value is -1.69. The van der Waals surface area contributed by atoms with E-state index in [0.29, 0.717) is 18.3 Å². The van der Waals surface area contributed by atoms with Crippen LogP contribution >= 0.6 is 15.9 Å². The summed E-state index contributed by atoms with van der Waals surface area (Å²) >= 11 is 3.40. The molecule has 1 amide bonds. The van der Waals surface area contributed by atoms with Gasteiger partial charge in [0.15, 0.2) is 6.61 Å². The number of hydrogen-bond acceptors (Lipinski definition) is 4. The average molecular weight is 352 g/mol. The van der Waals surface area contributed by atoms with Crippen LogP contribution in [-0.4, -0.2) is 29.0 Å². The first-order chi connectivity index (χ1) is 10.1. The number of ether oxygens (including phenoxy) is 1. The molecule has 6 heteroatoms. The fraction of sp³-hybridized carbons (Fsp3) is 0.400. The summed E-state index contributed by atoms with van der Waals surface area (Å²) < 4.78 is 6.42. The number of amides is 1. The van der Waals surface area contributed by atoms with Crippen LogP contribution in [0.1, 0.15) is 20.3 Å². The van der Waals surface area contributed by atoms with Crippen LogP contribution in [0.3, 0.4) is 0 Å². The zero-order valence-corrected chi connectivity index (χ0v) is 13.7. The molecule has 0 spiro atoms. The zero-order valence-electron chi connectivity index (χ0n) is 12.1. The lowest BCUT2D eigenvalue weighted by molar-refractivity contribution is -0.123. The first kappa shape index (κ1) is 15.7. The number of nitrogens with one attached hydrogen (secondary N) is 1. The molecule has 0 radical (unpaired) electrons. The van der Waals surface area contributed by atoms with Gasteiger partial charge in [-0.2, -0.15) is 0 Å². The van der Waals surface area contributed by atoms with Crippen molar-refractivity contribution in [1.29, 1.82) is 0 Å². The third-order valence-electron chi connectivity index (χ3n) is 2.94. The lowest BCUT2D eigenvalue weighted by Crippen LogP contribution is -2.30. The quantitative estimate of drug-likeness (QED) is 0.868. The largest absolute Gasteiger partial charge is 0.467 e. The Kier molecular flexibility index (Phi) is 5.50. The minimum absolute atomic E-state index is 0.0449. The molecule has 0 atom stereocenters. The van der Waals surface area contributed by atoms with Gasteiger partial charge in [0, 0.05) is 11.0 Å². The number of hydrogen-bond donors (Lipinski definition) is 1. The smallest absolute Gasteiger partial charge is 0.258 e. The molecule has 2 aromatic rings. The highest BCUT2D eigenvalue weighted by molar-refractivity contribution is 9.10. The van der Waals surface area contributed by atoms with Crippen molar-refractivity contribution in [1.82, 2.24) is 15.3 Å². The third kappa shape index (κ3) is 4.67. The number of carbonyl (C=O) groups excluding carboxylic acids is 1. The SMILES string of the molecule is CC(C)CCNC(=O)COc1ncnc2ccc(Br)cc12. The van der Waals surface area contributed by atoms with Gasteiger partial charge in [0.2, 0.25) is 5.88 Å². The van der Waals surface area contributed by atoms with Crippen molar-refractivity contribution in [3.8, 4) is 5.88 Å². The molecule has 0 saturated heterocycles. The van der Waals surface area contributed by atoms with E-state index in [0.717, 1.165) is 21.8 Å². The molecule has 0 bridgehead atoms. The molecule has 0 unspecified atom stereocenters. The molecule has 1 heterocycles. The predicted molar refractivity (Wildman–Crippen MR) is 85.2 cm³/mol. The maximum absolute atomic E-state index is 11.7. The van der Waals surface area contributed by atoms with Crippen molar-refractivity contribution in [2.24, 2.45) is 5.92 Å². The van der Waals surface area contributed by atoms with E-state index in [2.05, 4.69) is 45.1 Å². The Balaban J connectivity index is 1.97. The lowest BCUT2D eigenvalue weighted by Gasteiger charge is -2.09. The van der Waals surface area contributed by atoms with Crippen molar-refractivity contribution in [3.05, 3.63) is 29.0 Å². The van der Waals surface area contributed by atoms with Gasteiger partial charge in [0.25, 0.3) is 5.91 Å². The van der Waals surface area contributed by atoms with Gasteiger partial charge in [-0.1, -0.05) is 29.8 Å². The summed E-state index contributed by atoms with van der Waals surface area (Å²) in [6.45, 7) is 4.85.